The van der Waals surface area contributed by atoms with Crippen LogP contribution < -0.4 is 10.1 Å². The zero-order chi connectivity index (χ0) is 17.6. The summed E-state index contributed by atoms with van der Waals surface area (Å²) in [6.07, 6.45) is 2.95. The van der Waals surface area contributed by atoms with Crippen molar-refractivity contribution in [3.8, 4) is 5.75 Å². The van der Waals surface area contributed by atoms with Crippen LogP contribution in [0.25, 0.3) is 11.0 Å². The van der Waals surface area contributed by atoms with Crippen molar-refractivity contribution < 1.29 is 14.6 Å². The van der Waals surface area contributed by atoms with Gasteiger partial charge in [-0.3, -0.25) is 4.79 Å². The van der Waals surface area contributed by atoms with Crippen molar-refractivity contribution in [2.24, 2.45) is 0 Å². The largest absolute Gasteiger partial charge is 0.491 e. The Bertz CT molecular complexity index is 860. The minimum absolute atomic E-state index is 0.126. The molecule has 0 radical (unpaired) electrons. The Morgan fingerprint density at radius 1 is 1.36 bits per heavy atom. The highest BCUT2D eigenvalue weighted by molar-refractivity contribution is 5.87. The number of carbonyl (C=O) groups excluding carboxylic acids is 1. The molecule has 0 unspecified atom stereocenters. The quantitative estimate of drug-likeness (QED) is 0.614. The smallest absolute Gasteiger partial charge is 0.224 e. The number of amides is 1. The summed E-state index contributed by atoms with van der Waals surface area (Å²) in [6, 6.07) is 11.4. The number of hydrogen-bond acceptors (Lipinski definition) is 4. The number of aliphatic hydroxyl groups excluding tert-OH is 1. The second kappa shape index (κ2) is 7.81. The second-order valence-electron chi connectivity index (χ2n) is 5.98. The molecule has 2 heterocycles. The highest BCUT2D eigenvalue weighted by Gasteiger charge is 2.11. The molecule has 1 aromatic carbocycles. The topological polar surface area (TPSA) is 87.2 Å². The van der Waals surface area contributed by atoms with Gasteiger partial charge in [-0.25, -0.2) is 4.98 Å². The highest BCUT2D eigenvalue weighted by atomic mass is 16.5. The molecule has 1 amide bonds. The van der Waals surface area contributed by atoms with E-state index in [1.165, 1.54) is 0 Å². The van der Waals surface area contributed by atoms with E-state index in [-0.39, 0.29) is 25.5 Å². The van der Waals surface area contributed by atoms with Gasteiger partial charge in [0.2, 0.25) is 5.91 Å². The van der Waals surface area contributed by atoms with Crippen molar-refractivity contribution in [1.29, 1.82) is 0 Å². The molecule has 0 bridgehead atoms. The Labute approximate surface area is 145 Å². The molecule has 0 aliphatic rings. The molecule has 1 atom stereocenters. The highest BCUT2D eigenvalue weighted by Crippen LogP contribution is 2.16. The van der Waals surface area contributed by atoms with E-state index in [0.717, 1.165) is 22.2 Å². The Balaban J connectivity index is 1.45. The maximum atomic E-state index is 12.1. The molecule has 0 saturated carbocycles. The Morgan fingerprint density at radius 2 is 2.24 bits per heavy atom. The van der Waals surface area contributed by atoms with Crippen LogP contribution in [0, 0.1) is 6.92 Å². The van der Waals surface area contributed by atoms with E-state index in [2.05, 4.69) is 15.3 Å². The summed E-state index contributed by atoms with van der Waals surface area (Å²) in [7, 11) is 0. The van der Waals surface area contributed by atoms with Gasteiger partial charge in [0.15, 0.2) is 0 Å². The molecule has 2 aromatic heterocycles. The predicted octanol–water partition coefficient (Wildman–Crippen LogP) is 1.97. The summed E-state index contributed by atoms with van der Waals surface area (Å²) in [5.41, 5.74) is 2.73. The van der Waals surface area contributed by atoms with Gasteiger partial charge < -0.3 is 20.1 Å². The molecule has 0 aliphatic carbocycles. The van der Waals surface area contributed by atoms with Crippen molar-refractivity contribution in [1.82, 2.24) is 15.3 Å². The number of aryl methyl sites for hydroxylation is 1. The van der Waals surface area contributed by atoms with Gasteiger partial charge in [-0.1, -0.05) is 12.1 Å². The standard InChI is InChI=1S/C19H21N3O3/c1-13-4-2-5-16(8-13)25-12-15(23)11-21-18(24)9-14-10-22-19-17(14)6-3-7-20-19/h2-8,10,15,23H,9,11-12H2,1H3,(H,20,22)(H,21,24)/t15-/m0/s1. The van der Waals surface area contributed by atoms with E-state index < -0.39 is 6.10 Å². The van der Waals surface area contributed by atoms with Crippen LogP contribution in [-0.2, 0) is 11.2 Å². The normalized spacial score (nSPS) is 12.1. The number of nitrogens with zero attached hydrogens (tertiary/aromatic N) is 1. The fraction of sp³-hybridized carbons (Fsp3) is 0.263. The lowest BCUT2D eigenvalue weighted by Crippen LogP contribution is -2.36. The van der Waals surface area contributed by atoms with Crippen LogP contribution in [0.2, 0.25) is 0 Å². The molecule has 6 heteroatoms. The average Bonchev–Trinajstić information content (AvgIpc) is 3.01. The second-order valence-corrected chi connectivity index (χ2v) is 5.98. The molecule has 3 N–H and O–H groups in total. The van der Waals surface area contributed by atoms with Crippen LogP contribution in [-0.4, -0.2) is 40.2 Å². The number of pyridine rings is 1. The first-order chi connectivity index (χ1) is 12.1. The van der Waals surface area contributed by atoms with E-state index in [1.807, 2.05) is 43.3 Å². The first-order valence-electron chi connectivity index (χ1n) is 8.17. The van der Waals surface area contributed by atoms with Gasteiger partial charge in [0.1, 0.15) is 24.1 Å². The summed E-state index contributed by atoms with van der Waals surface area (Å²) < 4.78 is 5.53. The maximum Gasteiger partial charge on any atom is 0.224 e. The van der Waals surface area contributed by atoms with Crippen LogP contribution in [0.3, 0.4) is 0 Å². The van der Waals surface area contributed by atoms with Crippen molar-refractivity contribution in [3.63, 3.8) is 0 Å². The molecule has 3 aromatic rings. The van der Waals surface area contributed by atoms with E-state index in [9.17, 15) is 9.90 Å². The van der Waals surface area contributed by atoms with Gasteiger partial charge in [-0.15, -0.1) is 0 Å². The monoisotopic (exact) mass is 339 g/mol. The fourth-order valence-corrected chi connectivity index (χ4v) is 2.58. The fourth-order valence-electron chi connectivity index (χ4n) is 2.58. The molecular formula is C19H21N3O3. The lowest BCUT2D eigenvalue weighted by atomic mass is 10.1. The first-order valence-corrected chi connectivity index (χ1v) is 8.17. The third-order valence-corrected chi connectivity index (χ3v) is 3.85. The number of carbonyl (C=O) groups is 1. The van der Waals surface area contributed by atoms with Crippen molar-refractivity contribution >= 4 is 16.9 Å². The van der Waals surface area contributed by atoms with Crippen LogP contribution in [0.15, 0.2) is 48.8 Å². The molecule has 0 aliphatic heterocycles. The summed E-state index contributed by atoms with van der Waals surface area (Å²) in [4.78, 5) is 19.3. The SMILES string of the molecule is Cc1cccc(OC[C@@H](O)CNC(=O)Cc2c[nH]c3ncccc23)c1. The van der Waals surface area contributed by atoms with E-state index in [4.69, 9.17) is 4.74 Å². The zero-order valence-electron chi connectivity index (χ0n) is 14.0. The number of ether oxygens (including phenoxy) is 1. The Kier molecular flexibility index (Phi) is 5.30. The first kappa shape index (κ1) is 17.0. The molecule has 0 fully saturated rings. The number of fused-ring (bicyclic) bond motifs is 1. The summed E-state index contributed by atoms with van der Waals surface area (Å²) in [5.74, 6) is 0.552. The number of H-pyrrole nitrogens is 1. The van der Waals surface area contributed by atoms with Gasteiger partial charge >= 0.3 is 0 Å². The lowest BCUT2D eigenvalue weighted by molar-refractivity contribution is -0.120. The summed E-state index contributed by atoms with van der Waals surface area (Å²) >= 11 is 0. The van der Waals surface area contributed by atoms with Gasteiger partial charge in [0, 0.05) is 24.3 Å². The van der Waals surface area contributed by atoms with Crippen molar-refractivity contribution in [3.05, 3.63) is 59.9 Å². The number of aromatic amines is 1. The van der Waals surface area contributed by atoms with Gasteiger partial charge in [0.25, 0.3) is 0 Å². The number of rotatable bonds is 7. The Hall–Kier alpha value is -2.86. The number of nitrogens with one attached hydrogen (secondary N) is 2. The van der Waals surface area contributed by atoms with Crippen LogP contribution in [0.4, 0.5) is 0 Å². The third-order valence-electron chi connectivity index (χ3n) is 3.85. The molecule has 3 rings (SSSR count). The third kappa shape index (κ3) is 4.58. The van der Waals surface area contributed by atoms with Crippen molar-refractivity contribution in [2.75, 3.05) is 13.2 Å². The average molecular weight is 339 g/mol. The predicted molar refractivity (Wildman–Crippen MR) is 95.5 cm³/mol. The molecule has 0 saturated heterocycles. The molecule has 6 nitrogen and oxygen atoms in total. The minimum Gasteiger partial charge on any atom is -0.491 e. The molecule has 130 valence electrons. The van der Waals surface area contributed by atoms with Gasteiger partial charge in [-0.2, -0.15) is 0 Å². The number of aliphatic hydroxyl groups is 1. The lowest BCUT2D eigenvalue weighted by Gasteiger charge is -2.13. The number of hydrogen-bond donors (Lipinski definition) is 3. The zero-order valence-corrected chi connectivity index (χ0v) is 14.0. The maximum absolute atomic E-state index is 12.1. The molecular weight excluding hydrogens is 318 g/mol. The number of aromatic nitrogens is 2. The number of benzene rings is 1. The van der Waals surface area contributed by atoms with Crippen molar-refractivity contribution in [2.45, 2.75) is 19.4 Å². The summed E-state index contributed by atoms with van der Waals surface area (Å²) in [6.45, 7) is 2.25. The van der Waals surface area contributed by atoms with Gasteiger partial charge in [-0.05, 0) is 42.3 Å². The minimum atomic E-state index is -0.769. The van der Waals surface area contributed by atoms with E-state index in [1.54, 1.807) is 12.4 Å². The van der Waals surface area contributed by atoms with Crippen LogP contribution >= 0.6 is 0 Å². The van der Waals surface area contributed by atoms with E-state index in [0.29, 0.717) is 5.75 Å². The molecule has 25 heavy (non-hydrogen) atoms. The molecule has 0 spiro atoms. The van der Waals surface area contributed by atoms with Gasteiger partial charge in [0.05, 0.1) is 6.42 Å². The van der Waals surface area contributed by atoms with Crippen LogP contribution in [0.5, 0.6) is 5.75 Å². The Morgan fingerprint density at radius 3 is 3.08 bits per heavy atom. The summed E-state index contributed by atoms with van der Waals surface area (Å²) in [5, 5.41) is 13.6. The van der Waals surface area contributed by atoms with E-state index >= 15 is 0 Å². The van der Waals surface area contributed by atoms with Crippen LogP contribution in [0.1, 0.15) is 11.1 Å².